The molecule has 0 radical (unpaired) electrons. The van der Waals surface area contributed by atoms with Crippen LogP contribution >= 0.6 is 0 Å². The molecule has 3 heterocycles. The minimum absolute atomic E-state index is 0.0474. The van der Waals surface area contributed by atoms with Gasteiger partial charge in [0.05, 0.1) is 10.6 Å². The lowest BCUT2D eigenvalue weighted by Gasteiger charge is -2.32. The second kappa shape index (κ2) is 7.47. The number of nitro benzene ring substituents is 1. The number of nitro groups is 1. The molecule has 0 N–H and O–H groups in total. The molecule has 1 aromatic carbocycles. The maximum atomic E-state index is 13.1. The number of anilines is 1. The molecular formula is C19H22N4O6S. The van der Waals surface area contributed by atoms with Crippen LogP contribution in [0.3, 0.4) is 0 Å². The van der Waals surface area contributed by atoms with Gasteiger partial charge in [0.15, 0.2) is 5.76 Å². The highest BCUT2D eigenvalue weighted by Crippen LogP contribution is 2.35. The van der Waals surface area contributed by atoms with E-state index in [0.717, 1.165) is 5.56 Å². The molecular weight excluding hydrogens is 412 g/mol. The molecule has 1 fully saturated rings. The Hall–Kier alpha value is -2.79. The zero-order valence-electron chi connectivity index (χ0n) is 16.7. The topological polar surface area (TPSA) is 127 Å². The third-order valence-corrected chi connectivity index (χ3v) is 7.95. The third kappa shape index (κ3) is 3.37. The molecule has 0 saturated carbocycles. The summed E-state index contributed by atoms with van der Waals surface area (Å²) in [6.45, 7) is 4.07. The van der Waals surface area contributed by atoms with E-state index in [2.05, 4.69) is 5.16 Å². The molecule has 1 saturated heterocycles. The van der Waals surface area contributed by atoms with Crippen LogP contribution in [0.25, 0.3) is 0 Å². The Bertz CT molecular complexity index is 1100. The molecule has 0 aliphatic carbocycles. The van der Waals surface area contributed by atoms with E-state index in [0.29, 0.717) is 37.2 Å². The molecule has 0 atom stereocenters. The van der Waals surface area contributed by atoms with Gasteiger partial charge in [-0.15, -0.1) is 0 Å². The highest BCUT2D eigenvalue weighted by Gasteiger charge is 2.38. The third-order valence-electron chi connectivity index (χ3n) is 5.81. The summed E-state index contributed by atoms with van der Waals surface area (Å²) in [6.07, 6.45) is 1.43. The van der Waals surface area contributed by atoms with E-state index in [4.69, 9.17) is 4.52 Å². The molecule has 0 spiro atoms. The smallest absolute Gasteiger partial charge is 0.271 e. The van der Waals surface area contributed by atoms with Crippen LogP contribution in [0.4, 0.5) is 11.4 Å². The summed E-state index contributed by atoms with van der Waals surface area (Å²) < 4.78 is 32.3. The minimum atomic E-state index is -3.73. The van der Waals surface area contributed by atoms with Crippen molar-refractivity contribution in [1.29, 1.82) is 0 Å². The van der Waals surface area contributed by atoms with Crippen molar-refractivity contribution < 1.29 is 22.7 Å². The fourth-order valence-corrected chi connectivity index (χ4v) is 6.01. The summed E-state index contributed by atoms with van der Waals surface area (Å²) in [7, 11) is -3.73. The van der Waals surface area contributed by atoms with E-state index in [1.54, 1.807) is 24.8 Å². The van der Waals surface area contributed by atoms with Crippen molar-refractivity contribution >= 4 is 27.3 Å². The van der Waals surface area contributed by atoms with E-state index in [9.17, 15) is 23.3 Å². The number of aromatic nitrogens is 1. The van der Waals surface area contributed by atoms with Crippen LogP contribution in [0.15, 0.2) is 27.6 Å². The second-order valence-electron chi connectivity index (χ2n) is 7.64. The van der Waals surface area contributed by atoms with Gasteiger partial charge in [0.2, 0.25) is 15.9 Å². The van der Waals surface area contributed by atoms with Crippen LogP contribution in [-0.4, -0.2) is 48.3 Å². The van der Waals surface area contributed by atoms with Crippen LogP contribution in [0.2, 0.25) is 0 Å². The SMILES string of the molecule is Cc1noc(C)c1S(=O)(=O)N1CCC(C(=O)N2CCc3ccc([N+](=O)[O-])cc32)CC1. The van der Waals surface area contributed by atoms with Gasteiger partial charge in [-0.2, -0.15) is 4.31 Å². The van der Waals surface area contributed by atoms with Crippen LogP contribution in [0, 0.1) is 29.9 Å². The van der Waals surface area contributed by atoms with Crippen LogP contribution in [-0.2, 0) is 21.2 Å². The van der Waals surface area contributed by atoms with Crippen LogP contribution in [0.1, 0.15) is 29.9 Å². The van der Waals surface area contributed by atoms with Crippen molar-refractivity contribution in [3.05, 3.63) is 45.3 Å². The predicted molar refractivity (Wildman–Crippen MR) is 107 cm³/mol. The number of fused-ring (bicyclic) bond motifs is 1. The summed E-state index contributed by atoms with van der Waals surface area (Å²) >= 11 is 0. The number of rotatable bonds is 4. The molecule has 10 nitrogen and oxygen atoms in total. The van der Waals surface area contributed by atoms with E-state index >= 15 is 0 Å². The van der Waals surface area contributed by atoms with Gasteiger partial charge >= 0.3 is 0 Å². The number of aryl methyl sites for hydroxylation is 2. The lowest BCUT2D eigenvalue weighted by Crippen LogP contribution is -2.44. The number of sulfonamides is 1. The number of carbonyl (C=O) groups is 1. The average molecular weight is 434 g/mol. The number of amides is 1. The molecule has 11 heteroatoms. The van der Waals surface area contributed by atoms with Gasteiger partial charge in [-0.3, -0.25) is 14.9 Å². The van der Waals surface area contributed by atoms with Crippen molar-refractivity contribution in [3.63, 3.8) is 0 Å². The molecule has 0 bridgehead atoms. The Morgan fingerprint density at radius 2 is 1.93 bits per heavy atom. The van der Waals surface area contributed by atoms with Crippen molar-refractivity contribution in [2.24, 2.45) is 5.92 Å². The summed E-state index contributed by atoms with van der Waals surface area (Å²) in [6, 6.07) is 4.58. The lowest BCUT2D eigenvalue weighted by atomic mass is 9.96. The van der Waals surface area contributed by atoms with Crippen molar-refractivity contribution in [1.82, 2.24) is 9.46 Å². The maximum Gasteiger partial charge on any atom is 0.271 e. The largest absolute Gasteiger partial charge is 0.360 e. The van der Waals surface area contributed by atoms with Gasteiger partial charge in [-0.05, 0) is 38.7 Å². The van der Waals surface area contributed by atoms with Crippen LogP contribution in [0.5, 0.6) is 0 Å². The molecule has 4 rings (SSSR count). The van der Waals surface area contributed by atoms with E-state index < -0.39 is 14.9 Å². The monoisotopic (exact) mass is 434 g/mol. The standard InChI is InChI=1S/C19H22N4O6S/c1-12-18(13(2)29-20-12)30(27,28)21-8-5-15(6-9-21)19(24)22-10-7-14-3-4-16(23(25)26)11-17(14)22/h3-4,11,15H,5-10H2,1-2H3. The Labute approximate surface area is 173 Å². The van der Waals surface area contributed by atoms with E-state index in [1.807, 2.05) is 0 Å². The van der Waals surface area contributed by atoms with Gasteiger partial charge in [-0.1, -0.05) is 11.2 Å². The number of benzene rings is 1. The quantitative estimate of drug-likeness (QED) is 0.533. The normalized spacial score (nSPS) is 17.9. The number of carbonyl (C=O) groups excluding carboxylic acids is 1. The van der Waals surface area contributed by atoms with Crippen molar-refractivity contribution in [3.8, 4) is 0 Å². The molecule has 0 unspecified atom stereocenters. The molecule has 2 aromatic rings. The summed E-state index contributed by atoms with van der Waals surface area (Å²) in [4.78, 5) is 25.4. The number of nitrogens with zero attached hydrogens (tertiary/aromatic N) is 4. The highest BCUT2D eigenvalue weighted by atomic mass is 32.2. The van der Waals surface area contributed by atoms with E-state index in [-0.39, 0.29) is 41.3 Å². The summed E-state index contributed by atoms with van der Waals surface area (Å²) in [5, 5.41) is 14.8. The molecule has 2 aliphatic rings. The first kappa shape index (κ1) is 20.5. The van der Waals surface area contributed by atoms with Crippen molar-refractivity contribution in [2.45, 2.75) is 38.0 Å². The summed E-state index contributed by atoms with van der Waals surface area (Å²) in [5.41, 5.74) is 1.77. The first-order valence-corrected chi connectivity index (χ1v) is 11.2. The number of non-ortho nitro benzene ring substituents is 1. The molecule has 1 amide bonds. The molecule has 1 aromatic heterocycles. The number of hydrogen-bond acceptors (Lipinski definition) is 7. The minimum Gasteiger partial charge on any atom is -0.360 e. The number of piperidine rings is 1. The maximum absolute atomic E-state index is 13.1. The Kier molecular flexibility index (Phi) is 5.10. The van der Waals surface area contributed by atoms with Gasteiger partial charge in [0, 0.05) is 37.7 Å². The van der Waals surface area contributed by atoms with Gasteiger partial charge in [0.25, 0.3) is 5.69 Å². The van der Waals surface area contributed by atoms with Gasteiger partial charge in [0.1, 0.15) is 10.6 Å². The first-order valence-electron chi connectivity index (χ1n) is 9.72. The Morgan fingerprint density at radius 3 is 2.53 bits per heavy atom. The van der Waals surface area contributed by atoms with Gasteiger partial charge < -0.3 is 9.42 Å². The molecule has 160 valence electrons. The van der Waals surface area contributed by atoms with Gasteiger partial charge in [-0.25, -0.2) is 8.42 Å². The number of hydrogen-bond donors (Lipinski definition) is 0. The summed E-state index contributed by atoms with van der Waals surface area (Å²) in [5.74, 6) is -0.184. The Morgan fingerprint density at radius 1 is 1.23 bits per heavy atom. The molecule has 2 aliphatic heterocycles. The fraction of sp³-hybridized carbons (Fsp3) is 0.474. The first-order chi connectivity index (χ1) is 14.2. The fourth-order valence-electron chi connectivity index (χ4n) is 4.25. The Balaban J connectivity index is 1.48. The average Bonchev–Trinajstić information content (AvgIpc) is 3.30. The van der Waals surface area contributed by atoms with Crippen molar-refractivity contribution in [2.75, 3.05) is 24.5 Å². The highest BCUT2D eigenvalue weighted by molar-refractivity contribution is 7.89. The zero-order chi connectivity index (χ0) is 21.6. The zero-order valence-corrected chi connectivity index (χ0v) is 17.5. The predicted octanol–water partition coefficient (Wildman–Crippen LogP) is 2.19. The van der Waals surface area contributed by atoms with E-state index in [1.165, 1.54) is 16.4 Å². The van der Waals surface area contributed by atoms with Crippen LogP contribution < -0.4 is 4.90 Å². The second-order valence-corrected chi connectivity index (χ2v) is 9.52. The molecule has 30 heavy (non-hydrogen) atoms. The lowest BCUT2D eigenvalue weighted by molar-refractivity contribution is -0.384.